The molecule has 1 saturated carbocycles. The van der Waals surface area contributed by atoms with Gasteiger partial charge in [-0.15, -0.1) is 0 Å². The molecule has 2 fully saturated rings. The lowest BCUT2D eigenvalue weighted by Gasteiger charge is -2.31. The van der Waals surface area contributed by atoms with Crippen LogP contribution in [0.5, 0.6) is 0 Å². The van der Waals surface area contributed by atoms with Gasteiger partial charge in [0.1, 0.15) is 0 Å². The minimum Gasteiger partial charge on any atom is -0.352 e. The van der Waals surface area contributed by atoms with Crippen molar-refractivity contribution in [2.75, 3.05) is 32.4 Å². The third-order valence-corrected chi connectivity index (χ3v) is 4.88. The number of carbonyl (C=O) groups is 1. The monoisotopic (exact) mass is 289 g/mol. The quantitative estimate of drug-likeness (QED) is 0.693. The molecule has 0 spiro atoms. The van der Waals surface area contributed by atoms with Crippen LogP contribution in [-0.4, -0.2) is 57.1 Å². The molecule has 1 heterocycles. The minimum absolute atomic E-state index is 0.0401. The van der Waals surface area contributed by atoms with E-state index in [1.54, 1.807) is 0 Å². The fraction of sp³-hybridized carbons (Fsp3) is 0.917. The number of rotatable bonds is 6. The summed E-state index contributed by atoms with van der Waals surface area (Å²) in [4.78, 5) is 11.5. The summed E-state index contributed by atoms with van der Waals surface area (Å²) in [6, 6.07) is 0.393. The van der Waals surface area contributed by atoms with E-state index in [4.69, 9.17) is 0 Å². The van der Waals surface area contributed by atoms with Crippen LogP contribution in [0.4, 0.5) is 0 Å². The molecule has 1 aliphatic carbocycles. The summed E-state index contributed by atoms with van der Waals surface area (Å²) in [5.74, 6) is 0.343. The van der Waals surface area contributed by atoms with Gasteiger partial charge in [0.25, 0.3) is 0 Å². The smallest absolute Gasteiger partial charge is 0.234 e. The number of hydrogen-bond donors (Lipinski definition) is 2. The number of hydrogen-bond acceptors (Lipinski definition) is 4. The molecule has 1 saturated heterocycles. The molecule has 19 heavy (non-hydrogen) atoms. The van der Waals surface area contributed by atoms with Gasteiger partial charge in [-0.25, -0.2) is 12.7 Å². The van der Waals surface area contributed by atoms with Gasteiger partial charge in [-0.2, -0.15) is 0 Å². The van der Waals surface area contributed by atoms with Crippen molar-refractivity contribution in [2.24, 2.45) is 5.92 Å². The van der Waals surface area contributed by atoms with Gasteiger partial charge < -0.3 is 10.6 Å². The van der Waals surface area contributed by atoms with Crippen molar-refractivity contribution in [3.05, 3.63) is 0 Å². The Morgan fingerprint density at radius 1 is 1.32 bits per heavy atom. The maximum atomic E-state index is 11.5. The van der Waals surface area contributed by atoms with E-state index in [0.717, 1.165) is 25.7 Å². The Bertz CT molecular complexity index is 420. The van der Waals surface area contributed by atoms with Crippen molar-refractivity contribution in [1.29, 1.82) is 0 Å². The second-order valence-electron chi connectivity index (χ2n) is 5.60. The lowest BCUT2D eigenvalue weighted by Crippen LogP contribution is -2.44. The summed E-state index contributed by atoms with van der Waals surface area (Å²) in [5, 5.41) is 6.04. The zero-order chi connectivity index (χ0) is 13.9. The molecule has 0 bridgehead atoms. The summed E-state index contributed by atoms with van der Waals surface area (Å²) >= 11 is 0. The molecule has 0 aromatic heterocycles. The van der Waals surface area contributed by atoms with Gasteiger partial charge in [-0.05, 0) is 38.1 Å². The first-order valence-corrected chi connectivity index (χ1v) is 8.75. The molecule has 110 valence electrons. The molecular formula is C12H23N3O3S. The lowest BCUT2D eigenvalue weighted by molar-refractivity contribution is -0.120. The summed E-state index contributed by atoms with van der Waals surface area (Å²) in [5.41, 5.74) is 0. The molecule has 1 atom stereocenters. The number of carbonyl (C=O) groups excluding carboxylic acids is 1. The van der Waals surface area contributed by atoms with Crippen molar-refractivity contribution in [2.45, 2.75) is 31.7 Å². The molecule has 1 amide bonds. The molecule has 7 heteroatoms. The van der Waals surface area contributed by atoms with Crippen LogP contribution in [0, 0.1) is 5.92 Å². The zero-order valence-corrected chi connectivity index (χ0v) is 12.2. The van der Waals surface area contributed by atoms with E-state index in [0.29, 0.717) is 38.1 Å². The Balaban J connectivity index is 1.66. The van der Waals surface area contributed by atoms with E-state index in [1.165, 1.54) is 10.6 Å². The Hall–Kier alpha value is -0.660. The molecule has 0 aromatic carbocycles. The molecule has 6 nitrogen and oxygen atoms in total. The van der Waals surface area contributed by atoms with E-state index in [1.807, 2.05) is 0 Å². The first-order chi connectivity index (χ1) is 8.95. The Morgan fingerprint density at radius 2 is 2.05 bits per heavy atom. The molecule has 1 unspecified atom stereocenters. The number of nitrogens with zero attached hydrogens (tertiary/aromatic N) is 1. The maximum Gasteiger partial charge on any atom is 0.234 e. The molecular weight excluding hydrogens is 266 g/mol. The van der Waals surface area contributed by atoms with Gasteiger partial charge in [0, 0.05) is 19.1 Å². The van der Waals surface area contributed by atoms with Crippen molar-refractivity contribution in [3.63, 3.8) is 0 Å². The van der Waals surface area contributed by atoms with Crippen LogP contribution in [0.25, 0.3) is 0 Å². The molecule has 2 rings (SSSR count). The fourth-order valence-electron chi connectivity index (χ4n) is 2.39. The van der Waals surface area contributed by atoms with Gasteiger partial charge in [0.2, 0.25) is 15.9 Å². The molecule has 2 aliphatic rings. The van der Waals surface area contributed by atoms with Crippen LogP contribution in [0.15, 0.2) is 0 Å². The molecule has 2 N–H and O–H groups in total. The average molecular weight is 289 g/mol. The van der Waals surface area contributed by atoms with E-state index in [-0.39, 0.29) is 5.91 Å². The highest BCUT2D eigenvalue weighted by Crippen LogP contribution is 2.19. The average Bonchev–Trinajstić information content (AvgIpc) is 3.12. The number of amides is 1. The second-order valence-corrected chi connectivity index (χ2v) is 7.58. The lowest BCUT2D eigenvalue weighted by atomic mass is 10.00. The van der Waals surface area contributed by atoms with Crippen LogP contribution in [0.1, 0.15) is 25.7 Å². The Kier molecular flexibility index (Phi) is 4.81. The van der Waals surface area contributed by atoms with Crippen LogP contribution >= 0.6 is 0 Å². The van der Waals surface area contributed by atoms with Crippen molar-refractivity contribution >= 4 is 15.9 Å². The number of sulfonamides is 1. The number of nitrogens with one attached hydrogen (secondary N) is 2. The highest BCUT2D eigenvalue weighted by molar-refractivity contribution is 7.88. The fourth-order valence-corrected chi connectivity index (χ4v) is 3.33. The first kappa shape index (κ1) is 14.7. The predicted molar refractivity (Wildman–Crippen MR) is 73.2 cm³/mol. The zero-order valence-electron chi connectivity index (χ0n) is 11.4. The summed E-state index contributed by atoms with van der Waals surface area (Å²) in [7, 11) is -3.08. The largest absolute Gasteiger partial charge is 0.352 e. The Labute approximate surface area is 115 Å². The van der Waals surface area contributed by atoms with Gasteiger partial charge in [0.15, 0.2) is 0 Å². The van der Waals surface area contributed by atoms with Gasteiger partial charge in [0.05, 0.1) is 12.8 Å². The van der Waals surface area contributed by atoms with Crippen LogP contribution < -0.4 is 10.6 Å². The first-order valence-electron chi connectivity index (χ1n) is 6.90. The van der Waals surface area contributed by atoms with Crippen molar-refractivity contribution in [1.82, 2.24) is 14.9 Å². The third-order valence-electron chi connectivity index (χ3n) is 3.61. The summed E-state index contributed by atoms with van der Waals surface area (Å²) in [6.45, 7) is 2.21. The van der Waals surface area contributed by atoms with E-state index < -0.39 is 10.0 Å². The summed E-state index contributed by atoms with van der Waals surface area (Å²) in [6.07, 6.45) is 5.36. The van der Waals surface area contributed by atoms with E-state index in [9.17, 15) is 13.2 Å². The van der Waals surface area contributed by atoms with Crippen LogP contribution in [-0.2, 0) is 14.8 Å². The van der Waals surface area contributed by atoms with Gasteiger partial charge in [-0.3, -0.25) is 4.79 Å². The summed E-state index contributed by atoms with van der Waals surface area (Å²) < 4.78 is 24.5. The minimum atomic E-state index is -3.08. The second kappa shape index (κ2) is 6.19. The highest BCUT2D eigenvalue weighted by Gasteiger charge is 2.26. The standard InChI is InChI=1S/C12H23N3O3S/c1-19(17,18)15-6-2-3-10(9-15)7-13-8-12(16)14-11-4-5-11/h10-11,13H,2-9H2,1H3,(H,14,16). The van der Waals surface area contributed by atoms with Crippen LogP contribution in [0.2, 0.25) is 0 Å². The third kappa shape index (κ3) is 5.08. The highest BCUT2D eigenvalue weighted by atomic mass is 32.2. The van der Waals surface area contributed by atoms with Crippen LogP contribution in [0.3, 0.4) is 0 Å². The van der Waals surface area contributed by atoms with Crippen molar-refractivity contribution < 1.29 is 13.2 Å². The van der Waals surface area contributed by atoms with Gasteiger partial charge >= 0.3 is 0 Å². The molecule has 0 aromatic rings. The number of piperidine rings is 1. The maximum absolute atomic E-state index is 11.5. The predicted octanol–water partition coefficient (Wildman–Crippen LogP) is -0.474. The topological polar surface area (TPSA) is 78.5 Å². The van der Waals surface area contributed by atoms with Crippen molar-refractivity contribution in [3.8, 4) is 0 Å². The van der Waals surface area contributed by atoms with E-state index in [2.05, 4.69) is 10.6 Å². The molecule has 0 radical (unpaired) electrons. The van der Waals surface area contributed by atoms with E-state index >= 15 is 0 Å². The SMILES string of the molecule is CS(=O)(=O)N1CCCC(CNCC(=O)NC2CC2)C1. The normalized spacial score (nSPS) is 25.2. The van der Waals surface area contributed by atoms with Gasteiger partial charge in [-0.1, -0.05) is 0 Å². The molecule has 1 aliphatic heterocycles. The Morgan fingerprint density at radius 3 is 2.68 bits per heavy atom.